The number of quaternary nitrogens is 1. The van der Waals surface area contributed by atoms with Crippen LogP contribution in [0.3, 0.4) is 0 Å². The second kappa shape index (κ2) is 6.37. The average molecular weight is 325 g/mol. The SMILES string of the molecule is Cc1nc(Cc2nn(C[NH+]3CCC(C)CC3)c(=S)o2)cs1. The van der Waals surface area contributed by atoms with E-state index < -0.39 is 0 Å². The predicted molar refractivity (Wildman–Crippen MR) is 84.1 cm³/mol. The second-order valence-electron chi connectivity index (χ2n) is 5.89. The van der Waals surface area contributed by atoms with E-state index in [1.165, 1.54) is 30.8 Å². The van der Waals surface area contributed by atoms with E-state index in [1.54, 1.807) is 11.3 Å². The molecule has 21 heavy (non-hydrogen) atoms. The highest BCUT2D eigenvalue weighted by Gasteiger charge is 2.20. The van der Waals surface area contributed by atoms with Crippen molar-refractivity contribution >= 4 is 23.6 Å². The molecule has 0 spiro atoms. The third-order valence-electron chi connectivity index (χ3n) is 4.00. The van der Waals surface area contributed by atoms with Crippen LogP contribution in [-0.2, 0) is 13.1 Å². The summed E-state index contributed by atoms with van der Waals surface area (Å²) >= 11 is 6.93. The lowest BCUT2D eigenvalue weighted by atomic mass is 10.00. The molecule has 0 radical (unpaired) electrons. The predicted octanol–water partition coefficient (Wildman–Crippen LogP) is 1.83. The summed E-state index contributed by atoms with van der Waals surface area (Å²) in [6.45, 7) is 7.52. The van der Waals surface area contributed by atoms with Gasteiger partial charge in [0.2, 0.25) is 5.89 Å². The van der Waals surface area contributed by atoms with E-state index in [1.807, 2.05) is 17.0 Å². The number of aryl methyl sites for hydroxylation is 1. The molecule has 0 bridgehead atoms. The molecule has 7 heteroatoms. The van der Waals surface area contributed by atoms with Crippen LogP contribution in [0.1, 0.15) is 36.4 Å². The van der Waals surface area contributed by atoms with Gasteiger partial charge in [-0.15, -0.1) is 16.4 Å². The van der Waals surface area contributed by atoms with Crippen molar-refractivity contribution in [1.82, 2.24) is 14.8 Å². The van der Waals surface area contributed by atoms with Gasteiger partial charge in [-0.3, -0.25) is 0 Å². The van der Waals surface area contributed by atoms with Crippen LogP contribution >= 0.6 is 23.6 Å². The summed E-state index contributed by atoms with van der Waals surface area (Å²) in [5.74, 6) is 1.51. The summed E-state index contributed by atoms with van der Waals surface area (Å²) in [6, 6.07) is 0. The number of piperidine rings is 1. The summed E-state index contributed by atoms with van der Waals surface area (Å²) in [5, 5.41) is 7.63. The van der Waals surface area contributed by atoms with E-state index in [0.717, 1.165) is 23.3 Å². The normalized spacial score (nSPS) is 22.6. The summed E-state index contributed by atoms with van der Waals surface area (Å²) < 4.78 is 7.44. The van der Waals surface area contributed by atoms with Gasteiger partial charge in [0.15, 0.2) is 6.67 Å². The van der Waals surface area contributed by atoms with Crippen LogP contribution in [0, 0.1) is 17.7 Å². The van der Waals surface area contributed by atoms with Gasteiger partial charge in [-0.25, -0.2) is 4.98 Å². The lowest BCUT2D eigenvalue weighted by Crippen LogP contribution is -3.12. The molecule has 0 unspecified atom stereocenters. The number of nitrogens with zero attached hydrogens (tertiary/aromatic N) is 3. The molecule has 2 aromatic heterocycles. The lowest BCUT2D eigenvalue weighted by Gasteiger charge is -2.26. The molecule has 3 heterocycles. The largest absolute Gasteiger partial charge is 0.413 e. The van der Waals surface area contributed by atoms with Gasteiger partial charge in [0.1, 0.15) is 0 Å². The van der Waals surface area contributed by atoms with E-state index in [2.05, 4.69) is 17.0 Å². The molecule has 1 fully saturated rings. The zero-order valence-corrected chi connectivity index (χ0v) is 14.1. The van der Waals surface area contributed by atoms with Crippen molar-refractivity contribution < 1.29 is 9.32 Å². The minimum atomic E-state index is 0.475. The number of thiazole rings is 1. The Kier molecular flexibility index (Phi) is 4.51. The van der Waals surface area contributed by atoms with E-state index in [4.69, 9.17) is 16.6 Å². The smallest absolute Gasteiger partial charge is 0.291 e. The maximum Gasteiger partial charge on any atom is 0.291 e. The number of likely N-dealkylation sites (tertiary alicyclic amines) is 1. The van der Waals surface area contributed by atoms with Gasteiger partial charge in [0.05, 0.1) is 30.2 Å². The standard InChI is InChI=1S/C14H20N4OS2/c1-10-3-5-17(6-4-10)9-18-14(20)19-13(16-18)7-12-8-21-11(2)15-12/h8,10H,3-7,9H2,1-2H3/p+1. The molecule has 1 aliphatic heterocycles. The Morgan fingerprint density at radius 1 is 1.48 bits per heavy atom. The van der Waals surface area contributed by atoms with E-state index in [0.29, 0.717) is 17.1 Å². The molecule has 0 aliphatic carbocycles. The van der Waals surface area contributed by atoms with Gasteiger partial charge < -0.3 is 9.32 Å². The number of rotatable bonds is 4. The fourth-order valence-electron chi connectivity index (χ4n) is 2.71. The minimum Gasteiger partial charge on any atom is -0.413 e. The first kappa shape index (κ1) is 14.9. The van der Waals surface area contributed by atoms with Gasteiger partial charge in [-0.05, 0) is 37.9 Å². The first-order chi connectivity index (χ1) is 10.1. The Labute approximate surface area is 133 Å². The van der Waals surface area contributed by atoms with Crippen molar-refractivity contribution in [1.29, 1.82) is 0 Å². The Morgan fingerprint density at radius 3 is 2.90 bits per heavy atom. The molecular formula is C14H21N4OS2+. The average Bonchev–Trinajstić information content (AvgIpc) is 2.99. The Bertz CT molecular complexity index is 652. The molecule has 1 aliphatic rings. The van der Waals surface area contributed by atoms with Gasteiger partial charge in [-0.1, -0.05) is 6.92 Å². The van der Waals surface area contributed by atoms with Crippen LogP contribution in [0.4, 0.5) is 0 Å². The minimum absolute atomic E-state index is 0.475. The highest BCUT2D eigenvalue weighted by atomic mass is 32.1. The number of hydrogen-bond donors (Lipinski definition) is 1. The second-order valence-corrected chi connectivity index (χ2v) is 7.30. The van der Waals surface area contributed by atoms with Gasteiger partial charge >= 0.3 is 0 Å². The van der Waals surface area contributed by atoms with Gasteiger partial charge in [0, 0.05) is 5.38 Å². The summed E-state index contributed by atoms with van der Waals surface area (Å²) in [7, 11) is 0. The van der Waals surface area contributed by atoms with Crippen LogP contribution in [0.15, 0.2) is 9.80 Å². The zero-order valence-electron chi connectivity index (χ0n) is 12.5. The molecule has 5 nitrogen and oxygen atoms in total. The van der Waals surface area contributed by atoms with E-state index in [-0.39, 0.29) is 0 Å². The maximum absolute atomic E-state index is 5.61. The highest BCUT2D eigenvalue weighted by molar-refractivity contribution is 7.71. The van der Waals surface area contributed by atoms with Crippen molar-refractivity contribution in [2.75, 3.05) is 13.1 Å². The van der Waals surface area contributed by atoms with E-state index in [9.17, 15) is 0 Å². The summed E-state index contributed by atoms with van der Waals surface area (Å²) in [5.41, 5.74) is 1.00. The van der Waals surface area contributed by atoms with Crippen molar-refractivity contribution in [2.45, 2.75) is 39.8 Å². The topological polar surface area (TPSA) is 48.3 Å². The third kappa shape index (κ3) is 3.78. The van der Waals surface area contributed by atoms with Crippen molar-refractivity contribution in [3.05, 3.63) is 26.8 Å². The Hall–Kier alpha value is -1.05. The molecular weight excluding hydrogens is 304 g/mol. The number of nitrogens with one attached hydrogen (secondary N) is 1. The lowest BCUT2D eigenvalue weighted by molar-refractivity contribution is -0.929. The van der Waals surface area contributed by atoms with Crippen molar-refractivity contribution in [3.8, 4) is 0 Å². The van der Waals surface area contributed by atoms with Crippen molar-refractivity contribution in [3.63, 3.8) is 0 Å². The van der Waals surface area contributed by atoms with Gasteiger partial charge in [-0.2, -0.15) is 4.68 Å². The number of aromatic nitrogens is 3. The first-order valence-electron chi connectivity index (χ1n) is 7.41. The summed E-state index contributed by atoms with van der Waals surface area (Å²) in [4.78, 5) is 6.45. The maximum atomic E-state index is 5.61. The molecule has 2 aromatic rings. The molecule has 0 saturated carbocycles. The van der Waals surface area contributed by atoms with Crippen molar-refractivity contribution in [2.24, 2.45) is 5.92 Å². The number of hydrogen-bond acceptors (Lipinski definition) is 5. The van der Waals surface area contributed by atoms with Crippen LogP contribution in [-0.4, -0.2) is 27.9 Å². The summed E-state index contributed by atoms with van der Waals surface area (Å²) in [6.07, 6.45) is 3.18. The monoisotopic (exact) mass is 325 g/mol. The fraction of sp³-hybridized carbons (Fsp3) is 0.643. The fourth-order valence-corrected chi connectivity index (χ4v) is 3.52. The van der Waals surface area contributed by atoms with Crippen LogP contribution in [0.25, 0.3) is 0 Å². The van der Waals surface area contributed by atoms with Crippen LogP contribution < -0.4 is 4.90 Å². The Balaban J connectivity index is 1.65. The molecule has 0 atom stereocenters. The van der Waals surface area contributed by atoms with E-state index >= 15 is 0 Å². The Morgan fingerprint density at radius 2 is 2.24 bits per heavy atom. The molecule has 0 aromatic carbocycles. The zero-order chi connectivity index (χ0) is 14.8. The molecule has 0 amide bonds. The quantitative estimate of drug-likeness (QED) is 0.872. The molecule has 114 valence electrons. The first-order valence-corrected chi connectivity index (χ1v) is 8.70. The van der Waals surface area contributed by atoms with Gasteiger partial charge in [0.25, 0.3) is 4.84 Å². The van der Waals surface area contributed by atoms with Crippen LogP contribution in [0.2, 0.25) is 0 Å². The molecule has 1 N–H and O–H groups in total. The molecule has 3 rings (SSSR count). The third-order valence-corrected chi connectivity index (χ3v) is 5.12. The molecule has 1 saturated heterocycles. The van der Waals surface area contributed by atoms with Crippen LogP contribution in [0.5, 0.6) is 0 Å². The highest BCUT2D eigenvalue weighted by Crippen LogP contribution is 2.12.